The second-order valence-corrected chi connectivity index (χ2v) is 4.57. The van der Waals surface area contributed by atoms with Gasteiger partial charge in [0.05, 0.1) is 15.0 Å². The van der Waals surface area contributed by atoms with E-state index < -0.39 is 4.92 Å². The summed E-state index contributed by atoms with van der Waals surface area (Å²) in [6.07, 6.45) is 0.513. The van der Waals surface area contributed by atoms with Gasteiger partial charge in [0.2, 0.25) is 5.75 Å². The van der Waals surface area contributed by atoms with E-state index in [0.717, 1.165) is 6.07 Å². The largest absolute Gasteiger partial charge is 0.447 e. The van der Waals surface area contributed by atoms with Crippen LogP contribution in [0.2, 0.25) is 10.0 Å². The van der Waals surface area contributed by atoms with E-state index in [4.69, 9.17) is 27.9 Å². The average molecular weight is 312 g/mol. The molecule has 0 bridgehead atoms. The molecule has 0 saturated heterocycles. The van der Waals surface area contributed by atoms with E-state index >= 15 is 0 Å². The van der Waals surface area contributed by atoms with Gasteiger partial charge in [0, 0.05) is 11.6 Å². The summed E-state index contributed by atoms with van der Waals surface area (Å²) in [5, 5.41) is 11.4. The Morgan fingerprint density at radius 2 is 1.80 bits per heavy atom. The lowest BCUT2D eigenvalue weighted by atomic mass is 10.2. The molecule has 20 heavy (non-hydrogen) atoms. The third-order valence-corrected chi connectivity index (χ3v) is 3.04. The first-order valence-electron chi connectivity index (χ1n) is 5.38. The van der Waals surface area contributed by atoms with Crippen LogP contribution in [-0.2, 0) is 0 Å². The number of hydrogen-bond donors (Lipinski definition) is 0. The van der Waals surface area contributed by atoms with E-state index in [0.29, 0.717) is 6.29 Å². The summed E-state index contributed by atoms with van der Waals surface area (Å²) in [7, 11) is 0. The van der Waals surface area contributed by atoms with Gasteiger partial charge in [0.15, 0.2) is 5.75 Å². The maximum Gasteiger partial charge on any atom is 0.312 e. The number of nitro benzene ring substituents is 1. The minimum atomic E-state index is -0.646. The van der Waals surface area contributed by atoms with Gasteiger partial charge in [0.25, 0.3) is 0 Å². The van der Waals surface area contributed by atoms with Crippen LogP contribution in [0.3, 0.4) is 0 Å². The quantitative estimate of drug-likeness (QED) is 0.473. The highest BCUT2D eigenvalue weighted by Gasteiger charge is 2.19. The number of rotatable bonds is 4. The van der Waals surface area contributed by atoms with Crippen LogP contribution in [0.5, 0.6) is 11.5 Å². The van der Waals surface area contributed by atoms with E-state index in [2.05, 4.69) is 0 Å². The van der Waals surface area contributed by atoms with Crippen molar-refractivity contribution < 1.29 is 14.5 Å². The second kappa shape index (κ2) is 5.90. The number of ether oxygens (including phenoxy) is 1. The summed E-state index contributed by atoms with van der Waals surface area (Å²) in [5.74, 6) is 0.0772. The van der Waals surface area contributed by atoms with Gasteiger partial charge in [-0.25, -0.2) is 0 Å². The lowest BCUT2D eigenvalue weighted by molar-refractivity contribution is -0.385. The number of benzene rings is 2. The summed E-state index contributed by atoms with van der Waals surface area (Å²) < 4.78 is 5.41. The molecule has 0 atom stereocenters. The lowest BCUT2D eigenvalue weighted by Gasteiger charge is -2.09. The Labute approximate surface area is 123 Å². The van der Waals surface area contributed by atoms with Crippen LogP contribution in [0, 0.1) is 10.1 Å². The summed E-state index contributed by atoms with van der Waals surface area (Å²) in [6, 6.07) is 8.57. The molecule has 0 unspecified atom stereocenters. The normalized spacial score (nSPS) is 10.1. The third-order valence-electron chi connectivity index (χ3n) is 2.45. The Hall–Kier alpha value is -2.11. The molecule has 0 amide bonds. The zero-order chi connectivity index (χ0) is 14.7. The van der Waals surface area contributed by atoms with Gasteiger partial charge >= 0.3 is 5.69 Å². The highest BCUT2D eigenvalue weighted by molar-refractivity contribution is 6.37. The summed E-state index contributed by atoms with van der Waals surface area (Å²) in [5.41, 5.74) is -0.167. The smallest absolute Gasteiger partial charge is 0.312 e. The van der Waals surface area contributed by atoms with E-state index in [1.807, 2.05) is 0 Å². The zero-order valence-electron chi connectivity index (χ0n) is 9.88. The number of aldehydes is 1. The Bertz CT molecular complexity index is 668. The molecule has 0 aromatic heterocycles. The molecule has 102 valence electrons. The highest BCUT2D eigenvalue weighted by Crippen LogP contribution is 2.39. The molecule has 0 N–H and O–H groups in total. The van der Waals surface area contributed by atoms with Gasteiger partial charge in [-0.15, -0.1) is 0 Å². The number of nitro groups is 1. The monoisotopic (exact) mass is 311 g/mol. The maximum absolute atomic E-state index is 11.0. The van der Waals surface area contributed by atoms with Crippen LogP contribution in [-0.4, -0.2) is 11.2 Å². The molecule has 2 aromatic carbocycles. The number of nitrogens with zero attached hydrogens (tertiary/aromatic N) is 1. The first-order chi connectivity index (χ1) is 9.52. The van der Waals surface area contributed by atoms with Gasteiger partial charge < -0.3 is 4.74 Å². The Balaban J connectivity index is 2.48. The molecule has 0 aliphatic rings. The molecule has 0 saturated carbocycles. The average Bonchev–Trinajstić information content (AvgIpc) is 2.43. The summed E-state index contributed by atoms with van der Waals surface area (Å²) in [4.78, 5) is 21.0. The van der Waals surface area contributed by atoms with Crippen molar-refractivity contribution >= 4 is 35.2 Å². The van der Waals surface area contributed by atoms with Gasteiger partial charge in [-0.2, -0.15) is 0 Å². The first kappa shape index (κ1) is 14.3. The molecule has 5 nitrogen and oxygen atoms in total. The van der Waals surface area contributed by atoms with Crippen molar-refractivity contribution in [3.8, 4) is 11.5 Å². The summed E-state index contributed by atoms with van der Waals surface area (Å²) in [6.45, 7) is 0. The highest BCUT2D eigenvalue weighted by atomic mass is 35.5. The van der Waals surface area contributed by atoms with Crippen LogP contribution in [0.1, 0.15) is 10.4 Å². The van der Waals surface area contributed by atoms with Crippen LogP contribution >= 0.6 is 23.2 Å². The van der Waals surface area contributed by atoms with Crippen molar-refractivity contribution in [3.05, 3.63) is 62.1 Å². The number of halogens is 2. The molecule has 0 heterocycles. The minimum absolute atomic E-state index is 0.0457. The van der Waals surface area contributed by atoms with Crippen LogP contribution in [0.4, 0.5) is 5.69 Å². The fourth-order valence-corrected chi connectivity index (χ4v) is 2.00. The van der Waals surface area contributed by atoms with Gasteiger partial charge in [0.1, 0.15) is 6.29 Å². The topological polar surface area (TPSA) is 69.4 Å². The van der Waals surface area contributed by atoms with E-state index in [9.17, 15) is 14.9 Å². The summed E-state index contributed by atoms with van der Waals surface area (Å²) >= 11 is 11.9. The van der Waals surface area contributed by atoms with Gasteiger partial charge in [-0.3, -0.25) is 14.9 Å². The Morgan fingerprint density at radius 3 is 2.35 bits per heavy atom. The zero-order valence-corrected chi connectivity index (χ0v) is 11.4. The van der Waals surface area contributed by atoms with Crippen molar-refractivity contribution in [2.24, 2.45) is 0 Å². The third kappa shape index (κ3) is 2.89. The SMILES string of the molecule is O=Cc1ccc(Oc2c(Cl)cccc2Cl)c([N+](=O)[O-])c1. The van der Waals surface area contributed by atoms with Gasteiger partial charge in [-0.05, 0) is 24.3 Å². The van der Waals surface area contributed by atoms with Crippen molar-refractivity contribution in [2.75, 3.05) is 0 Å². The Kier molecular flexibility index (Phi) is 4.22. The molecule has 0 radical (unpaired) electrons. The van der Waals surface area contributed by atoms with Crippen molar-refractivity contribution in [1.29, 1.82) is 0 Å². The number of hydrogen-bond acceptors (Lipinski definition) is 4. The van der Waals surface area contributed by atoms with Crippen molar-refractivity contribution in [3.63, 3.8) is 0 Å². The minimum Gasteiger partial charge on any atom is -0.447 e. The van der Waals surface area contributed by atoms with Crippen LogP contribution in [0.15, 0.2) is 36.4 Å². The predicted molar refractivity (Wildman–Crippen MR) is 75.0 cm³/mol. The molecule has 2 rings (SSSR count). The molecule has 0 fully saturated rings. The van der Waals surface area contributed by atoms with Crippen LogP contribution < -0.4 is 4.74 Å². The second-order valence-electron chi connectivity index (χ2n) is 3.75. The molecule has 7 heteroatoms. The van der Waals surface area contributed by atoms with E-state index in [1.54, 1.807) is 18.2 Å². The first-order valence-corrected chi connectivity index (χ1v) is 6.14. The molecule has 0 spiro atoms. The molecular formula is C13H7Cl2NO4. The fraction of sp³-hybridized carbons (Fsp3) is 0. The van der Waals surface area contributed by atoms with Crippen molar-refractivity contribution in [2.45, 2.75) is 0 Å². The number of para-hydroxylation sites is 1. The van der Waals surface area contributed by atoms with Crippen LogP contribution in [0.25, 0.3) is 0 Å². The standard InChI is InChI=1S/C13H7Cl2NO4/c14-9-2-1-3-10(15)13(9)20-12-5-4-8(7-17)6-11(12)16(18)19/h1-7H. The van der Waals surface area contributed by atoms with Gasteiger partial charge in [-0.1, -0.05) is 29.3 Å². The number of carbonyl (C=O) groups is 1. The van der Waals surface area contributed by atoms with E-state index in [-0.39, 0.29) is 32.8 Å². The lowest BCUT2D eigenvalue weighted by Crippen LogP contribution is -1.95. The molecule has 0 aliphatic carbocycles. The Morgan fingerprint density at radius 1 is 1.15 bits per heavy atom. The fourth-order valence-electron chi connectivity index (χ4n) is 1.53. The molecular weight excluding hydrogens is 305 g/mol. The molecule has 0 aliphatic heterocycles. The molecule has 2 aromatic rings. The van der Waals surface area contributed by atoms with Crippen molar-refractivity contribution in [1.82, 2.24) is 0 Å². The van der Waals surface area contributed by atoms with E-state index in [1.165, 1.54) is 12.1 Å². The number of carbonyl (C=O) groups excluding carboxylic acids is 1. The predicted octanol–water partition coefficient (Wildman–Crippen LogP) is 4.51. The maximum atomic E-state index is 11.0.